The van der Waals surface area contributed by atoms with E-state index < -0.39 is 0 Å². The van der Waals surface area contributed by atoms with Gasteiger partial charge in [-0.2, -0.15) is 0 Å². The molecule has 0 bridgehead atoms. The second-order valence-electron chi connectivity index (χ2n) is 5.53. The molecule has 16 heavy (non-hydrogen) atoms. The standard InChI is InChI=1S/C12H24N2OS/c1-9(2)8-11(15)14(12(3,4)5)7-6-10(13)16/h9H,6-8H2,1-5H3,(H2,13,16). The van der Waals surface area contributed by atoms with Crippen LogP contribution in [0.5, 0.6) is 0 Å². The highest BCUT2D eigenvalue weighted by Crippen LogP contribution is 2.17. The van der Waals surface area contributed by atoms with E-state index in [-0.39, 0.29) is 11.4 Å². The lowest BCUT2D eigenvalue weighted by Gasteiger charge is -2.36. The number of carbonyl (C=O) groups is 1. The molecule has 0 saturated heterocycles. The van der Waals surface area contributed by atoms with Gasteiger partial charge < -0.3 is 10.6 Å². The van der Waals surface area contributed by atoms with E-state index in [2.05, 4.69) is 0 Å². The molecular weight excluding hydrogens is 220 g/mol. The van der Waals surface area contributed by atoms with Crippen LogP contribution in [-0.2, 0) is 4.79 Å². The lowest BCUT2D eigenvalue weighted by atomic mass is 10.0. The molecule has 0 aromatic carbocycles. The van der Waals surface area contributed by atoms with Crippen molar-refractivity contribution in [3.05, 3.63) is 0 Å². The normalized spacial score (nSPS) is 11.6. The fourth-order valence-corrected chi connectivity index (χ4v) is 1.61. The van der Waals surface area contributed by atoms with Crippen LogP contribution in [0.3, 0.4) is 0 Å². The maximum atomic E-state index is 12.1. The zero-order valence-electron chi connectivity index (χ0n) is 11.0. The van der Waals surface area contributed by atoms with Crippen molar-refractivity contribution >= 4 is 23.1 Å². The number of hydrogen-bond donors (Lipinski definition) is 1. The summed E-state index contributed by atoms with van der Waals surface area (Å²) in [5.74, 6) is 0.556. The minimum atomic E-state index is -0.170. The third-order valence-corrected chi connectivity index (χ3v) is 2.48. The average molecular weight is 244 g/mol. The van der Waals surface area contributed by atoms with E-state index in [4.69, 9.17) is 18.0 Å². The zero-order valence-corrected chi connectivity index (χ0v) is 11.9. The molecule has 0 atom stereocenters. The first kappa shape index (κ1) is 15.4. The first-order chi connectivity index (χ1) is 7.14. The Morgan fingerprint density at radius 1 is 1.38 bits per heavy atom. The zero-order chi connectivity index (χ0) is 12.9. The number of nitrogens with two attached hydrogens (primary N) is 1. The van der Waals surface area contributed by atoms with E-state index >= 15 is 0 Å². The molecule has 0 unspecified atom stereocenters. The minimum Gasteiger partial charge on any atom is -0.393 e. The van der Waals surface area contributed by atoms with Crippen molar-refractivity contribution in [3.63, 3.8) is 0 Å². The van der Waals surface area contributed by atoms with E-state index in [0.717, 1.165) is 0 Å². The first-order valence-corrected chi connectivity index (χ1v) is 6.14. The van der Waals surface area contributed by atoms with E-state index in [1.165, 1.54) is 0 Å². The quantitative estimate of drug-likeness (QED) is 0.755. The highest BCUT2D eigenvalue weighted by Gasteiger charge is 2.26. The van der Waals surface area contributed by atoms with Gasteiger partial charge in [-0.05, 0) is 26.7 Å². The molecule has 0 radical (unpaired) electrons. The summed E-state index contributed by atoms with van der Waals surface area (Å²) in [5, 5.41) is 0. The second kappa shape index (κ2) is 6.18. The summed E-state index contributed by atoms with van der Waals surface area (Å²) in [6, 6.07) is 0. The Balaban J connectivity index is 4.55. The van der Waals surface area contributed by atoms with Crippen LogP contribution >= 0.6 is 12.2 Å². The maximum absolute atomic E-state index is 12.1. The van der Waals surface area contributed by atoms with E-state index in [1.807, 2.05) is 39.5 Å². The molecule has 3 nitrogen and oxygen atoms in total. The Bertz CT molecular complexity index is 256. The van der Waals surface area contributed by atoms with Crippen LogP contribution < -0.4 is 5.73 Å². The third-order valence-electron chi connectivity index (χ3n) is 2.28. The van der Waals surface area contributed by atoms with E-state index in [0.29, 0.717) is 30.3 Å². The summed E-state index contributed by atoms with van der Waals surface area (Å²) >= 11 is 4.85. The molecule has 0 aliphatic rings. The largest absolute Gasteiger partial charge is 0.393 e. The number of thiocarbonyl (C=S) groups is 1. The van der Waals surface area contributed by atoms with Crippen molar-refractivity contribution in [2.24, 2.45) is 11.7 Å². The van der Waals surface area contributed by atoms with Gasteiger partial charge in [0.1, 0.15) is 0 Å². The molecule has 0 aromatic rings. The van der Waals surface area contributed by atoms with Crippen LogP contribution in [0.15, 0.2) is 0 Å². The summed E-state index contributed by atoms with van der Waals surface area (Å²) in [5.41, 5.74) is 5.31. The van der Waals surface area contributed by atoms with Crippen LogP contribution in [-0.4, -0.2) is 27.9 Å². The molecule has 0 rings (SSSR count). The monoisotopic (exact) mass is 244 g/mol. The summed E-state index contributed by atoms with van der Waals surface area (Å²) < 4.78 is 0. The Morgan fingerprint density at radius 3 is 2.19 bits per heavy atom. The fourth-order valence-electron chi connectivity index (χ4n) is 1.52. The number of carbonyl (C=O) groups excluding carboxylic acids is 1. The van der Waals surface area contributed by atoms with Crippen molar-refractivity contribution in [1.29, 1.82) is 0 Å². The van der Waals surface area contributed by atoms with Gasteiger partial charge in [-0.1, -0.05) is 26.1 Å². The SMILES string of the molecule is CC(C)CC(=O)N(CCC(N)=S)C(C)(C)C. The molecule has 0 saturated carbocycles. The van der Waals surface area contributed by atoms with Gasteiger partial charge in [0.15, 0.2) is 0 Å². The molecule has 4 heteroatoms. The molecule has 94 valence electrons. The van der Waals surface area contributed by atoms with Gasteiger partial charge in [0, 0.05) is 24.9 Å². The number of rotatable bonds is 5. The Kier molecular flexibility index (Phi) is 5.94. The predicted molar refractivity (Wildman–Crippen MR) is 72.3 cm³/mol. The summed E-state index contributed by atoms with van der Waals surface area (Å²) in [7, 11) is 0. The highest BCUT2D eigenvalue weighted by atomic mass is 32.1. The second-order valence-corrected chi connectivity index (χ2v) is 6.05. The van der Waals surface area contributed by atoms with Crippen molar-refractivity contribution < 1.29 is 4.79 Å². The van der Waals surface area contributed by atoms with Crippen molar-refractivity contribution in [2.75, 3.05) is 6.54 Å². The van der Waals surface area contributed by atoms with Crippen LogP contribution in [0.4, 0.5) is 0 Å². The van der Waals surface area contributed by atoms with Gasteiger partial charge in [-0.15, -0.1) is 0 Å². The van der Waals surface area contributed by atoms with Crippen molar-refractivity contribution in [1.82, 2.24) is 4.90 Å². The molecule has 0 aliphatic carbocycles. The summed E-state index contributed by atoms with van der Waals surface area (Å²) in [6.45, 7) is 10.8. The van der Waals surface area contributed by atoms with Gasteiger partial charge in [-0.3, -0.25) is 4.79 Å². The highest BCUT2D eigenvalue weighted by molar-refractivity contribution is 7.80. The van der Waals surface area contributed by atoms with Crippen LogP contribution in [0.1, 0.15) is 47.5 Å². The number of amides is 1. The fraction of sp³-hybridized carbons (Fsp3) is 0.833. The van der Waals surface area contributed by atoms with Gasteiger partial charge >= 0.3 is 0 Å². The van der Waals surface area contributed by atoms with E-state index in [9.17, 15) is 4.79 Å². The molecular formula is C12H24N2OS. The first-order valence-electron chi connectivity index (χ1n) is 5.73. The van der Waals surface area contributed by atoms with Crippen molar-refractivity contribution in [3.8, 4) is 0 Å². The molecule has 0 aromatic heterocycles. The molecule has 0 aliphatic heterocycles. The maximum Gasteiger partial charge on any atom is 0.223 e. The summed E-state index contributed by atoms with van der Waals surface area (Å²) in [6.07, 6.45) is 1.17. The Hall–Kier alpha value is -0.640. The summed E-state index contributed by atoms with van der Waals surface area (Å²) in [4.78, 5) is 14.4. The van der Waals surface area contributed by atoms with Gasteiger partial charge in [-0.25, -0.2) is 0 Å². The molecule has 0 fully saturated rings. The predicted octanol–water partition coefficient (Wildman–Crippen LogP) is 2.34. The molecule has 0 heterocycles. The smallest absolute Gasteiger partial charge is 0.223 e. The number of hydrogen-bond acceptors (Lipinski definition) is 2. The lowest BCUT2D eigenvalue weighted by Crippen LogP contribution is -2.47. The topological polar surface area (TPSA) is 46.3 Å². The number of nitrogens with zero attached hydrogens (tertiary/aromatic N) is 1. The minimum absolute atomic E-state index is 0.170. The van der Waals surface area contributed by atoms with Gasteiger partial charge in [0.2, 0.25) is 5.91 Å². The molecule has 2 N–H and O–H groups in total. The van der Waals surface area contributed by atoms with Gasteiger partial charge in [0.25, 0.3) is 0 Å². The lowest BCUT2D eigenvalue weighted by molar-refractivity contribution is -0.136. The van der Waals surface area contributed by atoms with Crippen LogP contribution in [0, 0.1) is 5.92 Å². The Labute approximate surface area is 104 Å². The van der Waals surface area contributed by atoms with Crippen molar-refractivity contribution in [2.45, 2.75) is 53.0 Å². The van der Waals surface area contributed by atoms with Crippen LogP contribution in [0.2, 0.25) is 0 Å². The molecule has 1 amide bonds. The van der Waals surface area contributed by atoms with E-state index in [1.54, 1.807) is 0 Å². The third kappa shape index (κ3) is 6.05. The van der Waals surface area contributed by atoms with Gasteiger partial charge in [0.05, 0.1) is 4.99 Å². The average Bonchev–Trinajstić information content (AvgIpc) is 1.98. The molecule has 0 spiro atoms. The Morgan fingerprint density at radius 2 is 1.88 bits per heavy atom. The van der Waals surface area contributed by atoms with Crippen LogP contribution in [0.25, 0.3) is 0 Å².